The molecule has 2 aromatic heterocycles. The Kier molecular flexibility index (Phi) is 6.67. The Bertz CT molecular complexity index is 1270. The Morgan fingerprint density at radius 3 is 2.76 bits per heavy atom. The molecule has 0 atom stereocenters. The minimum Gasteiger partial charge on any atom is -0.382 e. The van der Waals surface area contributed by atoms with Gasteiger partial charge < -0.3 is 11.1 Å². The fraction of sp³-hybridized carbons (Fsp3) is 0.381. The topological polar surface area (TPSA) is 126 Å². The van der Waals surface area contributed by atoms with Crippen LogP contribution in [0.15, 0.2) is 29.3 Å². The third-order valence-corrected chi connectivity index (χ3v) is 5.99. The summed E-state index contributed by atoms with van der Waals surface area (Å²) in [5.41, 5.74) is 6.00. The molecule has 1 aliphatic heterocycles. The highest BCUT2D eigenvalue weighted by molar-refractivity contribution is 6.35. The lowest BCUT2D eigenvalue weighted by molar-refractivity contribution is 0.0695. The fourth-order valence-corrected chi connectivity index (χ4v) is 4.36. The molecule has 9 nitrogen and oxygen atoms in total. The summed E-state index contributed by atoms with van der Waals surface area (Å²) in [5.74, 6) is 0.684. The molecule has 0 spiro atoms. The molecule has 1 saturated heterocycles. The highest BCUT2D eigenvalue weighted by atomic mass is 35.5. The van der Waals surface area contributed by atoms with Gasteiger partial charge in [0.05, 0.1) is 29.0 Å². The van der Waals surface area contributed by atoms with Crippen LogP contribution in [0.1, 0.15) is 30.3 Å². The van der Waals surface area contributed by atoms with Crippen LogP contribution in [0.4, 0.5) is 20.4 Å². The average molecular weight is 475 g/mol. The first-order valence-corrected chi connectivity index (χ1v) is 10.7. The van der Waals surface area contributed by atoms with Crippen molar-refractivity contribution in [3.05, 3.63) is 51.3 Å². The van der Waals surface area contributed by atoms with E-state index >= 15 is 0 Å². The number of piperidine rings is 1. The van der Waals surface area contributed by atoms with E-state index in [2.05, 4.69) is 20.3 Å². The molecule has 172 valence electrons. The normalized spacial score (nSPS) is 15.1. The van der Waals surface area contributed by atoms with E-state index < -0.39 is 6.43 Å². The first kappa shape index (κ1) is 22.8. The molecule has 1 aliphatic rings. The number of aromatic nitrogens is 4. The van der Waals surface area contributed by atoms with Crippen LogP contribution in [0.3, 0.4) is 0 Å². The molecule has 1 fully saturated rings. The number of nitrogens with one attached hydrogen (secondary N) is 1. The highest BCUT2D eigenvalue weighted by Crippen LogP contribution is 2.26. The summed E-state index contributed by atoms with van der Waals surface area (Å²) in [5, 5.41) is 13.0. The molecule has 3 heterocycles. The molecular formula is C21H21ClF2N8O. The number of likely N-dealkylation sites (tertiary alicyclic amines) is 1. The number of alkyl halides is 2. The minimum atomic E-state index is -2.40. The van der Waals surface area contributed by atoms with Gasteiger partial charge >= 0.3 is 0 Å². The number of nitrogens with zero attached hydrogens (tertiary/aromatic N) is 6. The van der Waals surface area contributed by atoms with Crippen molar-refractivity contribution < 1.29 is 8.78 Å². The van der Waals surface area contributed by atoms with Gasteiger partial charge in [0, 0.05) is 19.1 Å². The predicted molar refractivity (Wildman–Crippen MR) is 120 cm³/mol. The molecule has 1 aromatic carbocycles. The van der Waals surface area contributed by atoms with E-state index in [1.807, 2.05) is 6.07 Å². The number of hydrogen-bond acceptors (Lipinski definition) is 8. The Labute approximate surface area is 192 Å². The van der Waals surface area contributed by atoms with Gasteiger partial charge in [0.2, 0.25) is 0 Å². The van der Waals surface area contributed by atoms with Crippen molar-refractivity contribution in [1.29, 1.82) is 5.26 Å². The standard InChI is InChI=1S/C21H21ClF2N8O/c22-14-2-1-3-15-18(14)21(33)32(12-4-6-31(7-5-12)10-16(23)24)17(30-15)9-27-20-13(8-25)19(26)28-11-29-20/h1-3,11-12,16H,4-7,9-10H2,(H3,26,27,28,29). The maximum Gasteiger partial charge on any atom is 0.263 e. The summed E-state index contributed by atoms with van der Waals surface area (Å²) in [4.78, 5) is 27.7. The van der Waals surface area contributed by atoms with Crippen molar-refractivity contribution in [2.75, 3.05) is 30.7 Å². The van der Waals surface area contributed by atoms with Crippen LogP contribution in [-0.2, 0) is 6.54 Å². The number of nitrogen functional groups attached to an aromatic ring is 1. The van der Waals surface area contributed by atoms with Crippen molar-refractivity contribution >= 4 is 34.1 Å². The third kappa shape index (κ3) is 4.72. The van der Waals surface area contributed by atoms with Gasteiger partial charge in [-0.1, -0.05) is 17.7 Å². The Hall–Kier alpha value is -3.36. The van der Waals surface area contributed by atoms with Crippen LogP contribution in [0, 0.1) is 11.3 Å². The van der Waals surface area contributed by atoms with Gasteiger partial charge in [0.1, 0.15) is 35.4 Å². The molecule has 0 unspecified atom stereocenters. The highest BCUT2D eigenvalue weighted by Gasteiger charge is 2.26. The van der Waals surface area contributed by atoms with Gasteiger partial charge in [-0.25, -0.2) is 23.7 Å². The lowest BCUT2D eigenvalue weighted by Crippen LogP contribution is -2.41. The fourth-order valence-electron chi connectivity index (χ4n) is 4.11. The van der Waals surface area contributed by atoms with Crippen LogP contribution in [-0.4, -0.2) is 50.5 Å². The van der Waals surface area contributed by atoms with Crippen molar-refractivity contribution in [1.82, 2.24) is 24.4 Å². The summed E-state index contributed by atoms with van der Waals surface area (Å²) < 4.78 is 27.1. The first-order chi connectivity index (χ1) is 15.9. The first-order valence-electron chi connectivity index (χ1n) is 10.3. The van der Waals surface area contributed by atoms with E-state index in [-0.39, 0.29) is 41.9 Å². The van der Waals surface area contributed by atoms with E-state index in [1.54, 1.807) is 27.7 Å². The Morgan fingerprint density at radius 2 is 2.06 bits per heavy atom. The van der Waals surface area contributed by atoms with Gasteiger partial charge in [-0.2, -0.15) is 5.26 Å². The summed E-state index contributed by atoms with van der Waals surface area (Å²) >= 11 is 6.31. The molecule has 0 aliphatic carbocycles. The van der Waals surface area contributed by atoms with Crippen LogP contribution in [0.5, 0.6) is 0 Å². The molecule has 3 aromatic rings. The number of halogens is 3. The second-order valence-electron chi connectivity index (χ2n) is 7.71. The average Bonchev–Trinajstić information content (AvgIpc) is 2.78. The lowest BCUT2D eigenvalue weighted by Gasteiger charge is -2.33. The van der Waals surface area contributed by atoms with Gasteiger partial charge in [-0.05, 0) is 25.0 Å². The van der Waals surface area contributed by atoms with Crippen LogP contribution in [0.2, 0.25) is 5.02 Å². The molecule has 12 heteroatoms. The van der Waals surface area contributed by atoms with Crippen molar-refractivity contribution in [3.8, 4) is 6.07 Å². The maximum absolute atomic E-state index is 13.5. The molecule has 0 radical (unpaired) electrons. The number of nitriles is 1. The predicted octanol–water partition coefficient (Wildman–Crippen LogP) is 2.81. The van der Waals surface area contributed by atoms with E-state index in [1.165, 1.54) is 6.33 Å². The molecule has 33 heavy (non-hydrogen) atoms. The zero-order valence-electron chi connectivity index (χ0n) is 17.5. The number of benzene rings is 1. The molecule has 0 amide bonds. The van der Waals surface area contributed by atoms with Crippen molar-refractivity contribution in [2.24, 2.45) is 0 Å². The van der Waals surface area contributed by atoms with Gasteiger partial charge in [0.25, 0.3) is 12.0 Å². The van der Waals surface area contributed by atoms with Crippen LogP contribution < -0.4 is 16.6 Å². The smallest absolute Gasteiger partial charge is 0.263 e. The van der Waals surface area contributed by atoms with Gasteiger partial charge in [-0.15, -0.1) is 0 Å². The zero-order valence-corrected chi connectivity index (χ0v) is 18.3. The summed E-state index contributed by atoms with van der Waals surface area (Å²) in [7, 11) is 0. The number of hydrogen-bond donors (Lipinski definition) is 2. The third-order valence-electron chi connectivity index (χ3n) is 5.67. The van der Waals surface area contributed by atoms with Gasteiger partial charge in [-0.3, -0.25) is 14.3 Å². The number of rotatable bonds is 6. The second kappa shape index (κ2) is 9.64. The summed E-state index contributed by atoms with van der Waals surface area (Å²) in [6.07, 6.45) is -0.139. The van der Waals surface area contributed by atoms with E-state index in [0.29, 0.717) is 47.7 Å². The SMILES string of the molecule is N#Cc1c(N)ncnc1NCc1nc2cccc(Cl)c2c(=O)n1C1CCN(CC(F)F)CC1. The number of anilines is 2. The van der Waals surface area contributed by atoms with Crippen molar-refractivity contribution in [3.63, 3.8) is 0 Å². The lowest BCUT2D eigenvalue weighted by atomic mass is 10.0. The number of fused-ring (bicyclic) bond motifs is 1. The van der Waals surface area contributed by atoms with Crippen LogP contribution >= 0.6 is 11.6 Å². The molecule has 4 rings (SSSR count). The van der Waals surface area contributed by atoms with Crippen LogP contribution in [0.25, 0.3) is 10.9 Å². The summed E-state index contributed by atoms with van der Waals surface area (Å²) in [6.45, 7) is 0.676. The van der Waals surface area contributed by atoms with E-state index in [9.17, 15) is 18.8 Å². The minimum absolute atomic E-state index is 0.0389. The van der Waals surface area contributed by atoms with E-state index in [4.69, 9.17) is 17.3 Å². The quantitative estimate of drug-likeness (QED) is 0.558. The van der Waals surface area contributed by atoms with Gasteiger partial charge in [0.15, 0.2) is 0 Å². The monoisotopic (exact) mass is 474 g/mol. The second-order valence-corrected chi connectivity index (χ2v) is 8.12. The molecular weight excluding hydrogens is 454 g/mol. The maximum atomic E-state index is 13.5. The molecule has 3 N–H and O–H groups in total. The largest absolute Gasteiger partial charge is 0.382 e. The van der Waals surface area contributed by atoms with E-state index in [0.717, 1.165) is 0 Å². The molecule has 0 bridgehead atoms. The number of nitrogens with two attached hydrogens (primary N) is 1. The molecule has 0 saturated carbocycles. The zero-order chi connectivity index (χ0) is 23.5. The summed E-state index contributed by atoms with van der Waals surface area (Å²) in [6, 6.07) is 6.76. The Morgan fingerprint density at radius 1 is 1.30 bits per heavy atom. The Balaban J connectivity index is 1.71. The van der Waals surface area contributed by atoms with Crippen molar-refractivity contribution in [2.45, 2.75) is 31.9 Å².